The summed E-state index contributed by atoms with van der Waals surface area (Å²) in [6.07, 6.45) is 0.924. The molecule has 19 heavy (non-hydrogen) atoms. The molecule has 2 heterocycles. The first-order chi connectivity index (χ1) is 9.28. The van der Waals surface area contributed by atoms with Crippen LogP contribution in [0.15, 0.2) is 24.3 Å². The molecule has 1 N–H and O–H groups in total. The second kappa shape index (κ2) is 4.97. The molecule has 0 saturated carbocycles. The van der Waals surface area contributed by atoms with E-state index in [2.05, 4.69) is 41.5 Å². The highest BCUT2D eigenvalue weighted by molar-refractivity contribution is 5.57. The molecule has 4 heteroatoms. The molecule has 0 amide bonds. The lowest BCUT2D eigenvalue weighted by atomic mass is 10.1. The van der Waals surface area contributed by atoms with Crippen LogP contribution in [0.4, 0.5) is 0 Å². The molecular formula is C15H17N3O. The maximum Gasteiger partial charge on any atom is 0.221 e. The lowest BCUT2D eigenvalue weighted by molar-refractivity contribution is 0.386. The van der Waals surface area contributed by atoms with Crippen LogP contribution in [0, 0.1) is 6.92 Å². The number of methoxy groups -OCH3 is 1. The van der Waals surface area contributed by atoms with Crippen molar-refractivity contribution in [2.24, 2.45) is 0 Å². The van der Waals surface area contributed by atoms with Crippen LogP contribution in [0.2, 0.25) is 0 Å². The molecule has 0 aliphatic carbocycles. The molecule has 0 bridgehead atoms. The molecule has 2 aromatic rings. The lowest BCUT2D eigenvalue weighted by Gasteiger charge is -2.19. The van der Waals surface area contributed by atoms with Crippen molar-refractivity contribution in [3.8, 4) is 17.3 Å². The molecule has 1 aliphatic heterocycles. The second-order valence-electron chi connectivity index (χ2n) is 4.77. The molecular weight excluding hydrogens is 238 g/mol. The Labute approximate surface area is 112 Å². The van der Waals surface area contributed by atoms with Gasteiger partial charge in [0.15, 0.2) is 5.82 Å². The Kier molecular flexibility index (Phi) is 3.17. The topological polar surface area (TPSA) is 47.0 Å². The summed E-state index contributed by atoms with van der Waals surface area (Å²) < 4.78 is 5.41. The average Bonchev–Trinajstić information content (AvgIpc) is 2.47. The van der Waals surface area contributed by atoms with Gasteiger partial charge < -0.3 is 10.1 Å². The van der Waals surface area contributed by atoms with Gasteiger partial charge in [0.1, 0.15) is 0 Å². The Balaban J connectivity index is 2.09. The van der Waals surface area contributed by atoms with Gasteiger partial charge >= 0.3 is 0 Å². The van der Waals surface area contributed by atoms with E-state index in [4.69, 9.17) is 9.72 Å². The Hall–Kier alpha value is -1.94. The van der Waals surface area contributed by atoms with Gasteiger partial charge in [-0.3, -0.25) is 0 Å². The number of aromatic nitrogens is 2. The zero-order valence-electron chi connectivity index (χ0n) is 11.2. The molecule has 4 nitrogen and oxygen atoms in total. The largest absolute Gasteiger partial charge is 0.481 e. The van der Waals surface area contributed by atoms with E-state index in [-0.39, 0.29) is 0 Å². The van der Waals surface area contributed by atoms with E-state index in [0.29, 0.717) is 5.88 Å². The lowest BCUT2D eigenvalue weighted by Crippen LogP contribution is -2.25. The van der Waals surface area contributed by atoms with Crippen molar-refractivity contribution in [3.05, 3.63) is 41.1 Å². The van der Waals surface area contributed by atoms with Crippen molar-refractivity contribution in [1.29, 1.82) is 0 Å². The van der Waals surface area contributed by atoms with Crippen LogP contribution in [-0.4, -0.2) is 23.6 Å². The summed E-state index contributed by atoms with van der Waals surface area (Å²) in [6.45, 7) is 3.82. The number of nitrogens with one attached hydrogen (secondary N) is 1. The monoisotopic (exact) mass is 255 g/mol. The minimum absolute atomic E-state index is 0.688. The molecule has 98 valence electrons. The molecule has 0 atom stereocenters. The summed E-state index contributed by atoms with van der Waals surface area (Å²) in [6, 6.07) is 8.26. The second-order valence-corrected chi connectivity index (χ2v) is 4.77. The quantitative estimate of drug-likeness (QED) is 0.892. The fourth-order valence-electron chi connectivity index (χ4n) is 2.31. The summed E-state index contributed by atoms with van der Waals surface area (Å²) in [5.74, 6) is 1.44. The summed E-state index contributed by atoms with van der Waals surface area (Å²) in [5.41, 5.74) is 4.45. The maximum absolute atomic E-state index is 5.41. The van der Waals surface area contributed by atoms with E-state index >= 15 is 0 Å². The van der Waals surface area contributed by atoms with Crippen molar-refractivity contribution >= 4 is 0 Å². The number of rotatable bonds is 2. The number of ether oxygens (including phenoxy) is 1. The van der Waals surface area contributed by atoms with Crippen molar-refractivity contribution in [3.63, 3.8) is 0 Å². The molecule has 0 fully saturated rings. The van der Waals surface area contributed by atoms with E-state index in [1.54, 1.807) is 7.11 Å². The van der Waals surface area contributed by atoms with E-state index in [9.17, 15) is 0 Å². The van der Waals surface area contributed by atoms with E-state index in [1.165, 1.54) is 5.56 Å². The Morgan fingerprint density at radius 1 is 1.16 bits per heavy atom. The summed E-state index contributed by atoms with van der Waals surface area (Å²) in [4.78, 5) is 9.22. The standard InChI is InChI=1S/C15H17N3O/c1-10-3-5-11(6-4-10)14-17-13-7-8-16-9-12(13)15(18-14)19-2/h3-6,16H,7-9H2,1-2H3. The molecule has 0 spiro atoms. The highest BCUT2D eigenvalue weighted by atomic mass is 16.5. The SMILES string of the molecule is COc1nc(-c2ccc(C)cc2)nc2c1CNCC2. The third-order valence-corrected chi connectivity index (χ3v) is 3.40. The van der Waals surface area contributed by atoms with Gasteiger partial charge in [-0.25, -0.2) is 4.98 Å². The van der Waals surface area contributed by atoms with E-state index < -0.39 is 0 Å². The van der Waals surface area contributed by atoms with Gasteiger partial charge in [0.05, 0.1) is 12.8 Å². The third-order valence-electron chi connectivity index (χ3n) is 3.40. The first-order valence-electron chi connectivity index (χ1n) is 6.49. The van der Waals surface area contributed by atoms with Crippen LogP contribution < -0.4 is 10.1 Å². The minimum atomic E-state index is 0.688. The molecule has 3 rings (SSSR count). The van der Waals surface area contributed by atoms with Crippen LogP contribution in [0.1, 0.15) is 16.8 Å². The van der Waals surface area contributed by atoms with Crippen LogP contribution in [0.3, 0.4) is 0 Å². The van der Waals surface area contributed by atoms with Gasteiger partial charge in [-0.05, 0) is 6.92 Å². The molecule has 1 aromatic carbocycles. The highest BCUT2D eigenvalue weighted by Crippen LogP contribution is 2.26. The number of nitrogens with zero attached hydrogens (tertiary/aromatic N) is 2. The summed E-state index contributed by atoms with van der Waals surface area (Å²) in [5, 5.41) is 3.32. The predicted octanol–water partition coefficient (Wildman–Crippen LogP) is 2.11. The molecule has 0 unspecified atom stereocenters. The third kappa shape index (κ3) is 2.31. The first kappa shape index (κ1) is 12.1. The van der Waals surface area contributed by atoms with E-state index in [1.807, 2.05) is 0 Å². The summed E-state index contributed by atoms with van der Waals surface area (Å²) in [7, 11) is 1.66. The van der Waals surface area contributed by atoms with Gasteiger partial charge in [0, 0.05) is 30.6 Å². The Bertz CT molecular complexity index is 576. The number of aryl methyl sites for hydroxylation is 1. The molecule has 0 radical (unpaired) electrons. The van der Waals surface area contributed by atoms with Crippen molar-refractivity contribution in [1.82, 2.24) is 15.3 Å². The van der Waals surface area contributed by atoms with Gasteiger partial charge in [-0.2, -0.15) is 4.98 Å². The van der Waals surface area contributed by atoms with Crippen molar-refractivity contribution in [2.45, 2.75) is 19.9 Å². The molecule has 0 saturated heterocycles. The van der Waals surface area contributed by atoms with E-state index in [0.717, 1.165) is 42.2 Å². The smallest absolute Gasteiger partial charge is 0.221 e. The minimum Gasteiger partial charge on any atom is -0.481 e. The van der Waals surface area contributed by atoms with Crippen molar-refractivity contribution < 1.29 is 4.74 Å². The normalized spacial score (nSPS) is 14.0. The zero-order valence-corrected chi connectivity index (χ0v) is 11.2. The number of fused-ring (bicyclic) bond motifs is 1. The van der Waals surface area contributed by atoms with Crippen molar-refractivity contribution in [2.75, 3.05) is 13.7 Å². The highest BCUT2D eigenvalue weighted by Gasteiger charge is 2.18. The average molecular weight is 255 g/mol. The maximum atomic E-state index is 5.41. The van der Waals surface area contributed by atoms with Crippen LogP contribution in [-0.2, 0) is 13.0 Å². The van der Waals surface area contributed by atoms with Crippen LogP contribution >= 0.6 is 0 Å². The fourth-order valence-corrected chi connectivity index (χ4v) is 2.31. The fraction of sp³-hybridized carbons (Fsp3) is 0.333. The van der Waals surface area contributed by atoms with Gasteiger partial charge in [0.2, 0.25) is 5.88 Å². The van der Waals surface area contributed by atoms with Gasteiger partial charge in [0.25, 0.3) is 0 Å². The molecule has 1 aliphatic rings. The number of benzene rings is 1. The van der Waals surface area contributed by atoms with Crippen LogP contribution in [0.5, 0.6) is 5.88 Å². The zero-order chi connectivity index (χ0) is 13.2. The van der Waals surface area contributed by atoms with Gasteiger partial charge in [-0.15, -0.1) is 0 Å². The Morgan fingerprint density at radius 3 is 2.68 bits per heavy atom. The number of hydrogen-bond acceptors (Lipinski definition) is 4. The number of hydrogen-bond donors (Lipinski definition) is 1. The predicted molar refractivity (Wildman–Crippen MR) is 74.2 cm³/mol. The van der Waals surface area contributed by atoms with Crippen LogP contribution in [0.25, 0.3) is 11.4 Å². The first-order valence-corrected chi connectivity index (χ1v) is 6.49. The van der Waals surface area contributed by atoms with Gasteiger partial charge in [-0.1, -0.05) is 29.8 Å². The Morgan fingerprint density at radius 2 is 1.95 bits per heavy atom. The molecule has 1 aromatic heterocycles. The summed E-state index contributed by atoms with van der Waals surface area (Å²) >= 11 is 0.